The molecule has 2 fully saturated rings. The molecule has 2 aromatic heterocycles. The largest absolute Gasteiger partial charge is 0.347 e. The predicted molar refractivity (Wildman–Crippen MR) is 126 cm³/mol. The Morgan fingerprint density at radius 1 is 1.13 bits per heavy atom. The van der Waals surface area contributed by atoms with Crippen molar-refractivity contribution in [2.45, 2.75) is 56.7 Å². The number of fused-ring (bicyclic) bond motifs is 1. The molecule has 2 aliphatic rings. The van der Waals surface area contributed by atoms with Gasteiger partial charge < -0.3 is 4.57 Å². The first-order valence-corrected chi connectivity index (χ1v) is 13.1. The zero-order valence-corrected chi connectivity index (χ0v) is 19.1. The molecule has 0 spiro atoms. The first-order valence-electron chi connectivity index (χ1n) is 11.2. The standard InChI is InChI=1S/C24H28ClN3O2S/c25-23-14-26-11-10-21(23)18-5-8-22-19(9-12-27-31(29,30)20-6-7-20)16-28(24(22)13-18)15-17-3-1-2-4-17/h5,8,10-11,13-14,16-17,20,27H,1-4,6-7,9,12,15H2. The van der Waals surface area contributed by atoms with Crippen LogP contribution in [0.4, 0.5) is 0 Å². The van der Waals surface area contributed by atoms with E-state index in [4.69, 9.17) is 11.6 Å². The highest BCUT2D eigenvalue weighted by atomic mass is 35.5. The van der Waals surface area contributed by atoms with Crippen molar-refractivity contribution < 1.29 is 8.42 Å². The monoisotopic (exact) mass is 457 g/mol. The zero-order valence-electron chi connectivity index (χ0n) is 17.6. The fraction of sp³-hybridized carbons (Fsp3) is 0.458. The van der Waals surface area contributed by atoms with Crippen molar-refractivity contribution in [3.05, 3.63) is 53.4 Å². The maximum absolute atomic E-state index is 12.2. The Kier molecular flexibility index (Phi) is 5.80. The molecule has 0 radical (unpaired) electrons. The second kappa shape index (κ2) is 8.57. The molecule has 0 amide bonds. The van der Waals surface area contributed by atoms with Gasteiger partial charge in [-0.25, -0.2) is 13.1 Å². The summed E-state index contributed by atoms with van der Waals surface area (Å²) in [6.45, 7) is 1.46. The van der Waals surface area contributed by atoms with Gasteiger partial charge in [-0.05, 0) is 61.3 Å². The lowest BCUT2D eigenvalue weighted by molar-refractivity contribution is 0.465. The van der Waals surface area contributed by atoms with Gasteiger partial charge in [0.05, 0.1) is 10.3 Å². The van der Waals surface area contributed by atoms with Gasteiger partial charge >= 0.3 is 0 Å². The van der Waals surface area contributed by atoms with Crippen LogP contribution in [0.2, 0.25) is 5.02 Å². The summed E-state index contributed by atoms with van der Waals surface area (Å²) in [5, 5.41) is 1.66. The van der Waals surface area contributed by atoms with E-state index >= 15 is 0 Å². The Hall–Kier alpha value is -1.89. The Labute approximate surface area is 188 Å². The average Bonchev–Trinajstić information content (AvgIpc) is 3.42. The van der Waals surface area contributed by atoms with Crippen LogP contribution in [0.1, 0.15) is 44.1 Å². The summed E-state index contributed by atoms with van der Waals surface area (Å²) < 4.78 is 29.5. The van der Waals surface area contributed by atoms with Gasteiger partial charge in [0.1, 0.15) is 0 Å². The van der Waals surface area contributed by atoms with Gasteiger partial charge in [0, 0.05) is 48.1 Å². The van der Waals surface area contributed by atoms with E-state index in [0.717, 1.165) is 30.5 Å². The fourth-order valence-electron chi connectivity index (χ4n) is 4.79. The van der Waals surface area contributed by atoms with Gasteiger partial charge in [-0.15, -0.1) is 0 Å². The van der Waals surface area contributed by atoms with Crippen LogP contribution >= 0.6 is 11.6 Å². The molecule has 2 saturated carbocycles. The van der Waals surface area contributed by atoms with E-state index in [1.807, 2.05) is 6.07 Å². The zero-order chi connectivity index (χ0) is 21.4. The second-order valence-corrected chi connectivity index (χ2v) is 11.4. The van der Waals surface area contributed by atoms with Gasteiger partial charge in [0.15, 0.2) is 0 Å². The number of benzene rings is 1. The molecule has 0 saturated heterocycles. The third kappa shape index (κ3) is 4.52. The van der Waals surface area contributed by atoms with E-state index in [1.165, 1.54) is 42.1 Å². The third-order valence-corrected chi connectivity index (χ3v) is 8.90. The summed E-state index contributed by atoms with van der Waals surface area (Å²) >= 11 is 6.40. The van der Waals surface area contributed by atoms with Crippen LogP contribution in [0.5, 0.6) is 0 Å². The molecule has 3 aromatic rings. The molecular weight excluding hydrogens is 430 g/mol. The smallest absolute Gasteiger partial charge is 0.214 e. The number of rotatable bonds is 8. The second-order valence-electron chi connectivity index (χ2n) is 8.93. The minimum Gasteiger partial charge on any atom is -0.347 e. The van der Waals surface area contributed by atoms with Crippen molar-refractivity contribution in [3.8, 4) is 11.1 Å². The van der Waals surface area contributed by atoms with Crippen molar-refractivity contribution in [2.24, 2.45) is 5.92 Å². The minimum absolute atomic E-state index is 0.177. The molecule has 2 heterocycles. The molecule has 0 atom stereocenters. The lowest BCUT2D eigenvalue weighted by Gasteiger charge is -2.12. The highest BCUT2D eigenvalue weighted by molar-refractivity contribution is 7.90. The number of aromatic nitrogens is 2. The summed E-state index contributed by atoms with van der Waals surface area (Å²) in [6.07, 6.45) is 13.1. The minimum atomic E-state index is -3.15. The maximum Gasteiger partial charge on any atom is 0.214 e. The molecule has 2 aliphatic carbocycles. The van der Waals surface area contributed by atoms with E-state index in [2.05, 4.69) is 38.7 Å². The summed E-state index contributed by atoms with van der Waals surface area (Å²) in [5.74, 6) is 0.713. The predicted octanol–water partition coefficient (Wildman–Crippen LogP) is 5.17. The van der Waals surface area contributed by atoms with E-state index in [0.29, 0.717) is 23.9 Å². The molecule has 31 heavy (non-hydrogen) atoms. The number of nitrogens with one attached hydrogen (secondary N) is 1. The molecule has 0 aliphatic heterocycles. The molecule has 1 aromatic carbocycles. The van der Waals surface area contributed by atoms with Crippen molar-refractivity contribution in [1.82, 2.24) is 14.3 Å². The first-order chi connectivity index (χ1) is 15.0. The number of halogens is 1. The molecule has 164 valence electrons. The molecule has 0 unspecified atom stereocenters. The normalized spacial score (nSPS) is 17.6. The van der Waals surface area contributed by atoms with Gasteiger partial charge in [-0.2, -0.15) is 0 Å². The molecule has 7 heteroatoms. The van der Waals surface area contributed by atoms with Crippen LogP contribution in [0, 0.1) is 5.92 Å². The molecule has 0 bridgehead atoms. The van der Waals surface area contributed by atoms with Crippen LogP contribution in [0.15, 0.2) is 42.9 Å². The summed E-state index contributed by atoms with van der Waals surface area (Å²) in [5.41, 5.74) is 4.44. The van der Waals surface area contributed by atoms with E-state index < -0.39 is 10.0 Å². The highest BCUT2D eigenvalue weighted by Crippen LogP contribution is 2.34. The lowest BCUT2D eigenvalue weighted by atomic mass is 10.0. The highest BCUT2D eigenvalue weighted by Gasteiger charge is 2.35. The van der Waals surface area contributed by atoms with Gasteiger partial charge in [-0.3, -0.25) is 4.98 Å². The van der Waals surface area contributed by atoms with Crippen molar-refractivity contribution in [1.29, 1.82) is 0 Å². The fourth-order valence-corrected chi connectivity index (χ4v) is 6.40. The Morgan fingerprint density at radius 3 is 2.68 bits per heavy atom. The molecular formula is C24H28ClN3O2S. The van der Waals surface area contributed by atoms with Crippen LogP contribution in [-0.2, 0) is 23.0 Å². The van der Waals surface area contributed by atoms with Gasteiger partial charge in [0.25, 0.3) is 0 Å². The Morgan fingerprint density at radius 2 is 1.94 bits per heavy atom. The van der Waals surface area contributed by atoms with Gasteiger partial charge in [0.2, 0.25) is 10.0 Å². The number of pyridine rings is 1. The Bertz CT molecular complexity index is 1190. The van der Waals surface area contributed by atoms with Crippen molar-refractivity contribution >= 4 is 32.5 Å². The van der Waals surface area contributed by atoms with Crippen molar-refractivity contribution in [2.75, 3.05) is 6.54 Å². The molecule has 5 rings (SSSR count). The molecule has 5 nitrogen and oxygen atoms in total. The van der Waals surface area contributed by atoms with E-state index in [-0.39, 0.29) is 5.25 Å². The first kappa shape index (κ1) is 21.0. The van der Waals surface area contributed by atoms with E-state index in [1.54, 1.807) is 12.4 Å². The SMILES string of the molecule is O=S(=O)(NCCc1cn(CC2CCCC2)c2cc(-c3ccncc3Cl)ccc12)C1CC1. The number of hydrogen-bond donors (Lipinski definition) is 1. The van der Waals surface area contributed by atoms with Gasteiger partial charge in [-0.1, -0.05) is 36.6 Å². The number of nitrogens with zero attached hydrogens (tertiary/aromatic N) is 2. The Balaban J connectivity index is 1.46. The number of hydrogen-bond acceptors (Lipinski definition) is 3. The van der Waals surface area contributed by atoms with Crippen molar-refractivity contribution in [3.63, 3.8) is 0 Å². The summed E-state index contributed by atoms with van der Waals surface area (Å²) in [4.78, 5) is 4.10. The van der Waals surface area contributed by atoms with Crippen LogP contribution in [0.25, 0.3) is 22.0 Å². The van der Waals surface area contributed by atoms with Crippen LogP contribution in [0.3, 0.4) is 0 Å². The number of sulfonamides is 1. The topological polar surface area (TPSA) is 64.0 Å². The van der Waals surface area contributed by atoms with Crippen LogP contribution in [-0.4, -0.2) is 29.8 Å². The van der Waals surface area contributed by atoms with Crippen LogP contribution < -0.4 is 4.72 Å². The van der Waals surface area contributed by atoms with E-state index in [9.17, 15) is 8.42 Å². The third-order valence-electron chi connectivity index (χ3n) is 6.64. The summed E-state index contributed by atoms with van der Waals surface area (Å²) in [6, 6.07) is 8.41. The average molecular weight is 458 g/mol. The lowest BCUT2D eigenvalue weighted by Crippen LogP contribution is -2.29. The quantitative estimate of drug-likeness (QED) is 0.507. The summed E-state index contributed by atoms with van der Waals surface area (Å²) in [7, 11) is -3.15. The maximum atomic E-state index is 12.2. The molecule has 1 N–H and O–H groups in total.